The zero-order chi connectivity index (χ0) is 15.3. The molecule has 0 radical (unpaired) electrons. The molecule has 0 bridgehead atoms. The molecule has 0 saturated carbocycles. The summed E-state index contributed by atoms with van der Waals surface area (Å²) in [6.07, 6.45) is 0. The van der Waals surface area contributed by atoms with Gasteiger partial charge in [-0.15, -0.1) is 0 Å². The van der Waals surface area contributed by atoms with E-state index in [1.54, 1.807) is 0 Å². The Morgan fingerprint density at radius 1 is 0.895 bits per heavy atom. The molecule has 0 rings (SSSR count). The molecule has 1 N–H and O–H groups in total. The first-order valence-corrected chi connectivity index (χ1v) is 8.51. The Hall–Kier alpha value is 0.792. The van der Waals surface area contributed by atoms with Gasteiger partial charge in [-0.05, 0) is 17.0 Å². The summed E-state index contributed by atoms with van der Waals surface area (Å²) in [4.78, 5) is 0. The van der Waals surface area contributed by atoms with Crippen LogP contribution in [0.15, 0.2) is 0 Å². The molecule has 0 fully saturated rings. The van der Waals surface area contributed by atoms with E-state index in [4.69, 9.17) is 13.0 Å². The van der Waals surface area contributed by atoms with Gasteiger partial charge in [0.2, 0.25) is 0 Å². The van der Waals surface area contributed by atoms with E-state index in [1.165, 1.54) is 0 Å². The number of alkyl halides is 3. The molecule has 0 aromatic heterocycles. The smallest absolute Gasteiger partial charge is 0.279 e. The minimum absolute atomic E-state index is 0. The number of rotatable bonds is 3. The van der Waals surface area contributed by atoms with Crippen molar-refractivity contribution < 1.29 is 46.6 Å². The summed E-state index contributed by atoms with van der Waals surface area (Å²) in [7, 11) is -5.58. The van der Waals surface area contributed by atoms with Gasteiger partial charge in [0.15, 0.2) is 0 Å². The van der Waals surface area contributed by atoms with Gasteiger partial charge < -0.3 is 0 Å². The van der Waals surface area contributed by atoms with Gasteiger partial charge in [0.1, 0.15) is 0 Å². The fourth-order valence-electron chi connectivity index (χ4n) is 1.79. The van der Waals surface area contributed by atoms with Crippen LogP contribution >= 0.6 is 7.92 Å². The van der Waals surface area contributed by atoms with Gasteiger partial charge in [-0.2, -0.15) is 21.6 Å². The Labute approximate surface area is 128 Å². The van der Waals surface area contributed by atoms with Gasteiger partial charge >= 0.3 is 15.6 Å². The number of hydrogen-bond donors (Lipinski definition) is 1. The molecule has 0 saturated heterocycles. The van der Waals surface area contributed by atoms with E-state index in [0.29, 0.717) is 0 Å². The summed E-state index contributed by atoms with van der Waals surface area (Å²) in [5, 5.41) is 0. The molecule has 0 aliphatic carbocycles. The maximum absolute atomic E-state index is 10.7. The summed E-state index contributed by atoms with van der Waals surface area (Å²) in [5.74, 6) is 0. The van der Waals surface area contributed by atoms with Gasteiger partial charge in [-0.25, -0.2) is 0 Å². The molecule has 0 unspecified atom stereocenters. The SMILES string of the molecule is CC(C)P(C(C)C)C(C)C.O=S(=O)(O)C(F)(F)F.[Pd]. The molecule has 19 heavy (non-hydrogen) atoms. The Morgan fingerprint density at radius 3 is 1.05 bits per heavy atom. The second-order valence-corrected chi connectivity index (χ2v) is 10.1. The minimum atomic E-state index is -5.84. The molecule has 122 valence electrons. The monoisotopic (exact) mass is 416 g/mol. The van der Waals surface area contributed by atoms with E-state index in [-0.39, 0.29) is 28.3 Å². The standard InChI is InChI=1S/C9H21P.CHF3O3S.Pd/c1-7(2)10(8(3)4)9(5)6;2-1(3,4)8(5,6)7;/h7-9H,1-6H3;(H,5,6,7);. The van der Waals surface area contributed by atoms with E-state index >= 15 is 0 Å². The van der Waals surface area contributed by atoms with Crippen LogP contribution in [0, 0.1) is 0 Å². The first kappa shape index (κ1) is 24.8. The third kappa shape index (κ3) is 11.2. The predicted octanol–water partition coefficient (Wildman–Crippen LogP) is 4.09. The largest absolute Gasteiger partial charge is 0.522 e. The van der Waals surface area contributed by atoms with Gasteiger partial charge in [-0.1, -0.05) is 49.5 Å². The van der Waals surface area contributed by atoms with E-state index < -0.39 is 15.6 Å². The van der Waals surface area contributed by atoms with Crippen molar-refractivity contribution in [3.63, 3.8) is 0 Å². The van der Waals surface area contributed by atoms with Gasteiger partial charge in [0.05, 0.1) is 0 Å². The Bertz CT molecular complexity index is 310. The quantitative estimate of drug-likeness (QED) is 0.326. The molecule has 0 heterocycles. The van der Waals surface area contributed by atoms with Crippen LogP contribution in [0.5, 0.6) is 0 Å². The van der Waals surface area contributed by atoms with Gasteiger partial charge in [0, 0.05) is 20.4 Å². The number of halogens is 3. The summed E-state index contributed by atoms with van der Waals surface area (Å²) in [6, 6.07) is 0. The van der Waals surface area contributed by atoms with E-state index in [1.807, 2.05) is 0 Å². The van der Waals surface area contributed by atoms with E-state index in [9.17, 15) is 13.2 Å². The van der Waals surface area contributed by atoms with Crippen molar-refractivity contribution in [2.24, 2.45) is 0 Å². The molecule has 0 aliphatic heterocycles. The predicted molar refractivity (Wildman–Crippen MR) is 69.9 cm³/mol. The van der Waals surface area contributed by atoms with E-state index in [2.05, 4.69) is 41.5 Å². The molecular weight excluding hydrogens is 395 g/mol. The summed E-state index contributed by atoms with van der Waals surface area (Å²) in [5.41, 5.74) is -2.84. The van der Waals surface area contributed by atoms with Crippen LogP contribution in [-0.2, 0) is 30.5 Å². The number of hydrogen-bond acceptors (Lipinski definition) is 2. The van der Waals surface area contributed by atoms with Crippen molar-refractivity contribution in [2.75, 3.05) is 0 Å². The Morgan fingerprint density at radius 2 is 1.05 bits per heavy atom. The third-order valence-corrected chi connectivity index (χ3v) is 6.24. The fraction of sp³-hybridized carbons (Fsp3) is 1.00. The molecule has 0 spiro atoms. The van der Waals surface area contributed by atoms with Crippen LogP contribution in [0.4, 0.5) is 13.2 Å². The van der Waals surface area contributed by atoms with Crippen molar-refractivity contribution in [1.29, 1.82) is 0 Å². The zero-order valence-corrected chi connectivity index (χ0v) is 15.1. The summed E-state index contributed by atoms with van der Waals surface area (Å²) >= 11 is 0. The molecule has 3 nitrogen and oxygen atoms in total. The molecule has 0 aromatic carbocycles. The second kappa shape index (κ2) is 9.68. The minimum Gasteiger partial charge on any atom is -0.279 e. The molecule has 0 aromatic rings. The van der Waals surface area contributed by atoms with Crippen molar-refractivity contribution in [3.05, 3.63) is 0 Å². The van der Waals surface area contributed by atoms with E-state index in [0.717, 1.165) is 17.0 Å². The van der Waals surface area contributed by atoms with Crippen molar-refractivity contribution >= 4 is 18.0 Å². The Balaban J connectivity index is -0.000000262. The summed E-state index contributed by atoms with van der Waals surface area (Å²) < 4.78 is 57.5. The average Bonchev–Trinajstić information content (AvgIpc) is 1.96. The molecular formula is C10H22F3O3PPdS. The normalized spacial score (nSPS) is 12.5. The van der Waals surface area contributed by atoms with Crippen LogP contribution in [0.3, 0.4) is 0 Å². The summed E-state index contributed by atoms with van der Waals surface area (Å²) in [6.45, 7) is 14.1. The first-order valence-electron chi connectivity index (χ1n) is 5.53. The van der Waals surface area contributed by atoms with Crippen molar-refractivity contribution in [2.45, 2.75) is 64.0 Å². The van der Waals surface area contributed by atoms with Crippen LogP contribution < -0.4 is 0 Å². The average molecular weight is 417 g/mol. The Kier molecular flexibility index (Phi) is 12.6. The van der Waals surface area contributed by atoms with Crippen LogP contribution in [0.25, 0.3) is 0 Å². The first-order chi connectivity index (χ1) is 7.71. The van der Waals surface area contributed by atoms with Gasteiger partial charge in [-0.3, -0.25) is 4.55 Å². The van der Waals surface area contributed by atoms with Crippen LogP contribution in [0.1, 0.15) is 41.5 Å². The molecule has 9 heteroatoms. The van der Waals surface area contributed by atoms with Crippen LogP contribution in [-0.4, -0.2) is 35.5 Å². The molecule has 0 aliphatic rings. The maximum atomic E-state index is 10.7. The second-order valence-electron chi connectivity index (χ2n) is 4.65. The topological polar surface area (TPSA) is 54.4 Å². The molecule has 0 amide bonds. The molecule has 0 atom stereocenters. The van der Waals surface area contributed by atoms with Crippen molar-refractivity contribution in [1.82, 2.24) is 0 Å². The van der Waals surface area contributed by atoms with Crippen molar-refractivity contribution in [3.8, 4) is 0 Å². The van der Waals surface area contributed by atoms with Crippen LogP contribution in [0.2, 0.25) is 0 Å². The fourth-order valence-corrected chi connectivity index (χ4v) is 5.37. The maximum Gasteiger partial charge on any atom is 0.522 e. The van der Waals surface area contributed by atoms with Gasteiger partial charge in [0.25, 0.3) is 0 Å². The third-order valence-electron chi connectivity index (χ3n) is 2.08. The zero-order valence-electron chi connectivity index (χ0n) is 11.8.